The Morgan fingerprint density at radius 3 is 2.72 bits per heavy atom. The maximum atomic E-state index is 12.9. The Labute approximate surface area is 189 Å². The highest BCUT2D eigenvalue weighted by Crippen LogP contribution is 2.29. The van der Waals surface area contributed by atoms with Crippen LogP contribution >= 0.6 is 11.3 Å². The van der Waals surface area contributed by atoms with E-state index in [2.05, 4.69) is 22.4 Å². The van der Waals surface area contributed by atoms with Crippen LogP contribution in [-0.4, -0.2) is 28.6 Å². The fourth-order valence-electron chi connectivity index (χ4n) is 3.55. The molecule has 0 aliphatic heterocycles. The number of amides is 1. The van der Waals surface area contributed by atoms with Crippen molar-refractivity contribution in [1.82, 2.24) is 15.5 Å². The van der Waals surface area contributed by atoms with Gasteiger partial charge in [0.25, 0.3) is 11.6 Å². The number of fused-ring (bicyclic) bond motifs is 1. The van der Waals surface area contributed by atoms with Crippen molar-refractivity contribution in [3.05, 3.63) is 70.7 Å². The number of aromatic nitrogens is 2. The molecule has 0 spiro atoms. The van der Waals surface area contributed by atoms with Crippen molar-refractivity contribution in [3.63, 3.8) is 0 Å². The van der Waals surface area contributed by atoms with Gasteiger partial charge in [-0.2, -0.15) is 0 Å². The average Bonchev–Trinajstić information content (AvgIpc) is 3.48. The first-order valence-electron chi connectivity index (χ1n) is 10.4. The number of aryl methyl sites for hydroxylation is 1. The second-order valence-electron chi connectivity index (χ2n) is 7.38. The number of nitrogens with zero attached hydrogens (tertiary/aromatic N) is 2. The Kier molecular flexibility index (Phi) is 6.61. The number of carbonyl (C=O) groups is 2. The maximum absolute atomic E-state index is 12.9. The zero-order valence-corrected chi connectivity index (χ0v) is 18.6. The quantitative estimate of drug-likeness (QED) is 0.377. The van der Waals surface area contributed by atoms with E-state index >= 15 is 0 Å². The van der Waals surface area contributed by atoms with Crippen LogP contribution in [0.3, 0.4) is 0 Å². The predicted octanol–water partition coefficient (Wildman–Crippen LogP) is 5.07. The Bertz CT molecular complexity index is 1220. The number of hydrogen-bond donors (Lipinski definition) is 1. The Morgan fingerprint density at radius 1 is 1.19 bits per heavy atom. The number of nitrogens with one attached hydrogen (secondary N) is 1. The molecule has 1 aromatic carbocycles. The fraction of sp³-hybridized carbons (Fsp3) is 0.250. The standard InChI is InChI=1S/C24H23N3O4S/c1-3-8-18(16-9-5-4-6-10-16)25-21(28)14-30-24(29)17-13-19(20-11-7-12-32-20)26-23-22(17)15(2)27-31-23/h4-7,9-13,18H,3,8,14H2,1-2H3,(H,25,28). The van der Waals surface area contributed by atoms with Crippen LogP contribution in [0.4, 0.5) is 0 Å². The summed E-state index contributed by atoms with van der Waals surface area (Å²) in [6.07, 6.45) is 1.70. The molecule has 3 aromatic heterocycles. The van der Waals surface area contributed by atoms with Gasteiger partial charge < -0.3 is 14.6 Å². The van der Waals surface area contributed by atoms with E-state index in [1.54, 1.807) is 13.0 Å². The summed E-state index contributed by atoms with van der Waals surface area (Å²) in [5, 5.41) is 9.30. The second-order valence-corrected chi connectivity index (χ2v) is 8.32. The summed E-state index contributed by atoms with van der Waals surface area (Å²) in [7, 11) is 0. The van der Waals surface area contributed by atoms with Crippen molar-refractivity contribution in [2.24, 2.45) is 0 Å². The van der Waals surface area contributed by atoms with Gasteiger partial charge in [0.05, 0.1) is 33.3 Å². The molecule has 3 heterocycles. The summed E-state index contributed by atoms with van der Waals surface area (Å²) in [5.74, 6) is -0.977. The van der Waals surface area contributed by atoms with Gasteiger partial charge in [-0.3, -0.25) is 4.79 Å². The minimum atomic E-state index is -0.622. The second kappa shape index (κ2) is 9.74. The number of hydrogen-bond acceptors (Lipinski definition) is 7. The molecule has 0 saturated carbocycles. The van der Waals surface area contributed by atoms with Crippen LogP contribution in [0.5, 0.6) is 0 Å². The van der Waals surface area contributed by atoms with Crippen molar-refractivity contribution in [1.29, 1.82) is 0 Å². The zero-order chi connectivity index (χ0) is 22.5. The highest BCUT2D eigenvalue weighted by molar-refractivity contribution is 7.13. The van der Waals surface area contributed by atoms with Crippen LogP contribution in [0.25, 0.3) is 21.7 Å². The summed E-state index contributed by atoms with van der Waals surface area (Å²) in [6.45, 7) is 3.41. The van der Waals surface area contributed by atoms with Crippen LogP contribution in [0.2, 0.25) is 0 Å². The first-order valence-corrected chi connectivity index (χ1v) is 11.3. The van der Waals surface area contributed by atoms with Gasteiger partial charge >= 0.3 is 5.97 Å². The monoisotopic (exact) mass is 449 g/mol. The number of ether oxygens (including phenoxy) is 1. The molecule has 164 valence electrons. The lowest BCUT2D eigenvalue weighted by atomic mass is 10.0. The highest BCUT2D eigenvalue weighted by atomic mass is 32.1. The van der Waals surface area contributed by atoms with E-state index in [0.29, 0.717) is 16.8 Å². The Morgan fingerprint density at radius 2 is 2.00 bits per heavy atom. The molecular weight excluding hydrogens is 426 g/mol. The molecule has 4 aromatic rings. The first kappa shape index (κ1) is 21.7. The number of esters is 1. The summed E-state index contributed by atoms with van der Waals surface area (Å²) in [5.41, 5.74) is 2.68. The molecule has 0 radical (unpaired) electrons. The predicted molar refractivity (Wildman–Crippen MR) is 122 cm³/mol. The van der Waals surface area contributed by atoms with Gasteiger partial charge in [-0.1, -0.05) is 54.9 Å². The molecule has 1 unspecified atom stereocenters. The summed E-state index contributed by atoms with van der Waals surface area (Å²) in [6, 6.07) is 15.1. The van der Waals surface area contributed by atoms with E-state index in [9.17, 15) is 9.59 Å². The van der Waals surface area contributed by atoms with Gasteiger partial charge in [-0.05, 0) is 36.4 Å². The largest absolute Gasteiger partial charge is 0.452 e. The Balaban J connectivity index is 1.50. The lowest BCUT2D eigenvalue weighted by Gasteiger charge is -2.18. The molecule has 0 aliphatic carbocycles. The van der Waals surface area contributed by atoms with E-state index in [1.165, 1.54) is 11.3 Å². The summed E-state index contributed by atoms with van der Waals surface area (Å²) in [4.78, 5) is 30.8. The van der Waals surface area contributed by atoms with Gasteiger partial charge in [0.2, 0.25) is 0 Å². The SMILES string of the molecule is CCCC(NC(=O)COC(=O)c1cc(-c2cccs2)nc2onc(C)c12)c1ccccc1. The fourth-order valence-corrected chi connectivity index (χ4v) is 4.23. The molecule has 0 aliphatic rings. The van der Waals surface area contributed by atoms with Gasteiger partial charge in [0, 0.05) is 0 Å². The third kappa shape index (κ3) is 4.70. The third-order valence-corrected chi connectivity index (χ3v) is 5.95. The number of rotatable bonds is 8. The lowest BCUT2D eigenvalue weighted by molar-refractivity contribution is -0.125. The van der Waals surface area contributed by atoms with Gasteiger partial charge in [0.1, 0.15) is 0 Å². The van der Waals surface area contributed by atoms with Gasteiger partial charge in [-0.15, -0.1) is 11.3 Å². The van der Waals surface area contributed by atoms with Gasteiger partial charge in [-0.25, -0.2) is 9.78 Å². The van der Waals surface area contributed by atoms with Crippen molar-refractivity contribution < 1.29 is 18.8 Å². The smallest absolute Gasteiger partial charge is 0.339 e. The molecule has 8 heteroatoms. The summed E-state index contributed by atoms with van der Waals surface area (Å²) < 4.78 is 10.7. The van der Waals surface area contributed by atoms with Crippen LogP contribution in [0.1, 0.15) is 47.4 Å². The van der Waals surface area contributed by atoms with Crippen molar-refractivity contribution >= 4 is 34.3 Å². The molecule has 7 nitrogen and oxygen atoms in total. The van der Waals surface area contributed by atoms with Crippen molar-refractivity contribution in [2.45, 2.75) is 32.7 Å². The van der Waals surface area contributed by atoms with E-state index in [4.69, 9.17) is 9.26 Å². The lowest BCUT2D eigenvalue weighted by Crippen LogP contribution is -2.32. The molecule has 1 amide bonds. The first-order chi connectivity index (χ1) is 15.6. The van der Waals surface area contributed by atoms with E-state index in [1.807, 2.05) is 47.8 Å². The third-order valence-electron chi connectivity index (χ3n) is 5.06. The van der Waals surface area contributed by atoms with Crippen LogP contribution in [0, 0.1) is 6.92 Å². The average molecular weight is 450 g/mol. The van der Waals surface area contributed by atoms with Crippen LogP contribution in [0.15, 0.2) is 58.4 Å². The molecule has 1 N–H and O–H groups in total. The van der Waals surface area contributed by atoms with E-state index in [0.717, 1.165) is 23.3 Å². The molecule has 1 atom stereocenters. The molecule has 32 heavy (non-hydrogen) atoms. The molecule has 0 saturated heterocycles. The highest BCUT2D eigenvalue weighted by Gasteiger charge is 2.22. The number of carbonyl (C=O) groups excluding carboxylic acids is 2. The van der Waals surface area contributed by atoms with Crippen molar-refractivity contribution in [3.8, 4) is 10.6 Å². The van der Waals surface area contributed by atoms with Gasteiger partial charge in [0.15, 0.2) is 6.61 Å². The maximum Gasteiger partial charge on any atom is 0.339 e. The van der Waals surface area contributed by atoms with E-state index < -0.39 is 5.97 Å². The molecule has 0 bridgehead atoms. The zero-order valence-electron chi connectivity index (χ0n) is 17.8. The number of thiophene rings is 1. The number of benzene rings is 1. The minimum absolute atomic E-state index is 0.134. The van der Waals surface area contributed by atoms with Crippen LogP contribution < -0.4 is 5.32 Å². The Hall–Kier alpha value is -3.52. The van der Waals surface area contributed by atoms with Crippen molar-refractivity contribution in [2.75, 3.05) is 6.61 Å². The van der Waals surface area contributed by atoms with E-state index in [-0.39, 0.29) is 29.8 Å². The number of pyridine rings is 1. The normalized spacial score (nSPS) is 11.9. The molecule has 4 rings (SSSR count). The molecule has 0 fully saturated rings. The summed E-state index contributed by atoms with van der Waals surface area (Å²) >= 11 is 1.50. The minimum Gasteiger partial charge on any atom is -0.452 e. The molecular formula is C24H23N3O4S. The topological polar surface area (TPSA) is 94.3 Å². The van der Waals surface area contributed by atoms with Crippen LogP contribution in [-0.2, 0) is 9.53 Å².